The molecule has 3 N–H and O–H groups in total. The summed E-state index contributed by atoms with van der Waals surface area (Å²) in [5, 5.41) is 0. The van der Waals surface area contributed by atoms with Gasteiger partial charge in [-0.1, -0.05) is 26.0 Å². The van der Waals surface area contributed by atoms with E-state index in [1.54, 1.807) is 6.07 Å². The fourth-order valence-corrected chi connectivity index (χ4v) is 3.09. The molecular weight excluding hydrogens is 281 g/mol. The summed E-state index contributed by atoms with van der Waals surface area (Å²) < 4.78 is 42.0. The predicted molar refractivity (Wildman–Crippen MR) is 79.2 cm³/mol. The number of hydrogen-bond donors (Lipinski definition) is 2. The van der Waals surface area contributed by atoms with Gasteiger partial charge in [0.25, 0.3) is 0 Å². The van der Waals surface area contributed by atoms with E-state index in [1.165, 1.54) is 18.2 Å². The van der Waals surface area contributed by atoms with Crippen molar-refractivity contribution < 1.29 is 12.8 Å². The van der Waals surface area contributed by atoms with Crippen molar-refractivity contribution in [3.8, 4) is 0 Å². The molecule has 0 aliphatic rings. The molecule has 0 fully saturated rings. The molecular formula is C13H22FN3O2S. The molecule has 0 atom stereocenters. The van der Waals surface area contributed by atoms with Gasteiger partial charge >= 0.3 is 10.2 Å². The minimum Gasteiger partial charge on any atom is -0.330 e. The molecule has 0 radical (unpaired) electrons. The van der Waals surface area contributed by atoms with Crippen LogP contribution in [-0.4, -0.2) is 28.1 Å². The first-order valence-electron chi connectivity index (χ1n) is 6.60. The molecule has 0 spiro atoms. The smallest absolute Gasteiger partial charge is 0.301 e. The van der Waals surface area contributed by atoms with Crippen molar-refractivity contribution in [1.29, 1.82) is 0 Å². The van der Waals surface area contributed by atoms with E-state index in [-0.39, 0.29) is 18.2 Å². The Hall–Kier alpha value is -1.18. The third kappa shape index (κ3) is 4.73. The summed E-state index contributed by atoms with van der Waals surface area (Å²) in [4.78, 5) is 0. The molecule has 114 valence electrons. The zero-order valence-electron chi connectivity index (χ0n) is 11.8. The number of benzene rings is 1. The van der Waals surface area contributed by atoms with Crippen LogP contribution in [0.1, 0.15) is 20.3 Å². The lowest BCUT2D eigenvalue weighted by atomic mass is 10.2. The largest absolute Gasteiger partial charge is 0.330 e. The van der Waals surface area contributed by atoms with Crippen LogP contribution in [0.4, 0.5) is 10.1 Å². The minimum absolute atomic E-state index is 0.0391. The number of rotatable bonds is 8. The second-order valence-electron chi connectivity index (χ2n) is 4.91. The Labute approximate surface area is 120 Å². The molecule has 1 aromatic carbocycles. The Morgan fingerprint density at radius 2 is 2.00 bits per heavy atom. The van der Waals surface area contributed by atoms with E-state index < -0.39 is 16.0 Å². The highest BCUT2D eigenvalue weighted by molar-refractivity contribution is 7.90. The average Bonchev–Trinajstić information content (AvgIpc) is 2.39. The standard InChI is InChI=1S/C13H22FN3O2S/c1-11(2)10-16-20(18,19)17(9-5-8-15)13-7-4-3-6-12(13)14/h3-4,6-7,11,16H,5,8-10,15H2,1-2H3. The predicted octanol–water partition coefficient (Wildman–Crippen LogP) is 1.47. The summed E-state index contributed by atoms with van der Waals surface area (Å²) in [6.45, 7) is 4.58. The van der Waals surface area contributed by atoms with Crippen LogP contribution in [0.5, 0.6) is 0 Å². The van der Waals surface area contributed by atoms with Crippen LogP contribution in [0, 0.1) is 11.7 Å². The summed E-state index contributed by atoms with van der Waals surface area (Å²) in [7, 11) is -3.78. The maximum Gasteiger partial charge on any atom is 0.301 e. The van der Waals surface area contributed by atoms with Crippen LogP contribution < -0.4 is 14.8 Å². The third-order valence-corrected chi connectivity index (χ3v) is 4.14. The van der Waals surface area contributed by atoms with E-state index in [4.69, 9.17) is 5.73 Å². The molecule has 0 bridgehead atoms. The first-order chi connectivity index (χ1) is 9.38. The van der Waals surface area contributed by atoms with Gasteiger partial charge in [-0.05, 0) is 31.0 Å². The molecule has 5 nitrogen and oxygen atoms in total. The van der Waals surface area contributed by atoms with Gasteiger partial charge in [0.1, 0.15) is 5.82 Å². The Kier molecular flexibility index (Phi) is 6.38. The summed E-state index contributed by atoms with van der Waals surface area (Å²) in [6.07, 6.45) is 0.455. The fraction of sp³-hybridized carbons (Fsp3) is 0.538. The number of halogens is 1. The van der Waals surface area contributed by atoms with Crippen molar-refractivity contribution in [2.24, 2.45) is 11.7 Å². The Bertz CT molecular complexity index is 520. The van der Waals surface area contributed by atoms with Crippen molar-refractivity contribution >= 4 is 15.9 Å². The molecule has 0 aliphatic carbocycles. The van der Waals surface area contributed by atoms with E-state index in [0.717, 1.165) is 4.31 Å². The van der Waals surface area contributed by atoms with Gasteiger partial charge in [0.2, 0.25) is 0 Å². The topological polar surface area (TPSA) is 75.4 Å². The first-order valence-corrected chi connectivity index (χ1v) is 8.04. The maximum atomic E-state index is 13.8. The number of nitrogens with one attached hydrogen (secondary N) is 1. The van der Waals surface area contributed by atoms with Gasteiger partial charge in [-0.15, -0.1) is 0 Å². The molecule has 0 heterocycles. The van der Waals surface area contributed by atoms with Crippen molar-refractivity contribution in [2.45, 2.75) is 20.3 Å². The van der Waals surface area contributed by atoms with Crippen molar-refractivity contribution in [3.63, 3.8) is 0 Å². The molecule has 20 heavy (non-hydrogen) atoms. The monoisotopic (exact) mass is 303 g/mol. The fourth-order valence-electron chi connectivity index (χ4n) is 1.61. The van der Waals surface area contributed by atoms with Gasteiger partial charge in [0.05, 0.1) is 5.69 Å². The Morgan fingerprint density at radius 3 is 2.55 bits per heavy atom. The van der Waals surface area contributed by atoms with Crippen molar-refractivity contribution in [3.05, 3.63) is 30.1 Å². The van der Waals surface area contributed by atoms with Crippen LogP contribution in [0.25, 0.3) is 0 Å². The zero-order chi connectivity index (χ0) is 15.2. The van der Waals surface area contributed by atoms with E-state index in [1.807, 2.05) is 13.8 Å². The highest BCUT2D eigenvalue weighted by atomic mass is 32.2. The molecule has 7 heteroatoms. The maximum absolute atomic E-state index is 13.8. The van der Waals surface area contributed by atoms with E-state index in [9.17, 15) is 12.8 Å². The van der Waals surface area contributed by atoms with Crippen LogP contribution in [0.2, 0.25) is 0 Å². The van der Waals surface area contributed by atoms with Crippen LogP contribution in [0.3, 0.4) is 0 Å². The highest BCUT2D eigenvalue weighted by Gasteiger charge is 2.24. The summed E-state index contributed by atoms with van der Waals surface area (Å²) in [5.74, 6) is -0.402. The number of nitrogens with zero attached hydrogens (tertiary/aromatic N) is 1. The van der Waals surface area contributed by atoms with Gasteiger partial charge in [0, 0.05) is 13.1 Å². The molecule has 0 amide bonds. The molecule has 0 unspecified atom stereocenters. The Morgan fingerprint density at radius 1 is 1.35 bits per heavy atom. The van der Waals surface area contributed by atoms with E-state index >= 15 is 0 Å². The van der Waals surface area contributed by atoms with Gasteiger partial charge < -0.3 is 5.73 Å². The van der Waals surface area contributed by atoms with Crippen molar-refractivity contribution in [2.75, 3.05) is 23.9 Å². The summed E-state index contributed by atoms with van der Waals surface area (Å²) in [6, 6.07) is 5.81. The quantitative estimate of drug-likeness (QED) is 0.763. The van der Waals surface area contributed by atoms with Crippen LogP contribution in [-0.2, 0) is 10.2 Å². The zero-order valence-corrected chi connectivity index (χ0v) is 12.7. The molecule has 1 rings (SSSR count). The minimum atomic E-state index is -3.78. The summed E-state index contributed by atoms with van der Waals surface area (Å²) >= 11 is 0. The van der Waals surface area contributed by atoms with E-state index in [0.29, 0.717) is 19.5 Å². The number of anilines is 1. The van der Waals surface area contributed by atoms with Crippen LogP contribution in [0.15, 0.2) is 24.3 Å². The number of nitrogens with two attached hydrogens (primary N) is 1. The second kappa shape index (κ2) is 7.56. The van der Waals surface area contributed by atoms with Gasteiger partial charge in [-0.3, -0.25) is 4.31 Å². The van der Waals surface area contributed by atoms with Gasteiger partial charge in [-0.25, -0.2) is 4.39 Å². The number of hydrogen-bond acceptors (Lipinski definition) is 3. The Balaban J connectivity index is 3.03. The van der Waals surface area contributed by atoms with Crippen LogP contribution >= 0.6 is 0 Å². The SMILES string of the molecule is CC(C)CNS(=O)(=O)N(CCCN)c1ccccc1F. The average molecular weight is 303 g/mol. The lowest BCUT2D eigenvalue weighted by Crippen LogP contribution is -2.43. The molecule has 0 aromatic heterocycles. The lowest BCUT2D eigenvalue weighted by molar-refractivity contribution is 0.551. The molecule has 1 aromatic rings. The second-order valence-corrected chi connectivity index (χ2v) is 6.59. The first kappa shape index (κ1) is 16.9. The van der Waals surface area contributed by atoms with Gasteiger partial charge in [0.15, 0.2) is 0 Å². The van der Waals surface area contributed by atoms with Crippen molar-refractivity contribution in [1.82, 2.24) is 4.72 Å². The lowest BCUT2D eigenvalue weighted by Gasteiger charge is -2.25. The highest BCUT2D eigenvalue weighted by Crippen LogP contribution is 2.21. The molecule has 0 saturated heterocycles. The molecule has 0 saturated carbocycles. The van der Waals surface area contributed by atoms with Gasteiger partial charge in [-0.2, -0.15) is 13.1 Å². The normalized spacial score (nSPS) is 11.8. The number of para-hydroxylation sites is 1. The summed E-state index contributed by atoms with van der Waals surface area (Å²) in [5.41, 5.74) is 5.46. The van der Waals surface area contributed by atoms with E-state index in [2.05, 4.69) is 4.72 Å². The molecule has 0 aliphatic heterocycles. The third-order valence-electron chi connectivity index (χ3n) is 2.65.